The summed E-state index contributed by atoms with van der Waals surface area (Å²) in [4.78, 5) is 0. The van der Waals surface area contributed by atoms with Crippen molar-refractivity contribution < 1.29 is 4.39 Å². The van der Waals surface area contributed by atoms with E-state index < -0.39 is 6.04 Å². The summed E-state index contributed by atoms with van der Waals surface area (Å²) in [5, 5.41) is 0. The molecule has 0 amide bonds. The maximum atomic E-state index is 13.3. The van der Waals surface area contributed by atoms with Crippen molar-refractivity contribution in [1.29, 1.82) is 0 Å². The smallest absolute Gasteiger partial charge is 0.128 e. The number of aryl methyl sites for hydroxylation is 1. The van der Waals surface area contributed by atoms with E-state index in [1.165, 1.54) is 6.07 Å². The van der Waals surface area contributed by atoms with Crippen molar-refractivity contribution in [3.63, 3.8) is 0 Å². The van der Waals surface area contributed by atoms with Crippen molar-refractivity contribution in [2.45, 2.75) is 19.4 Å². The fourth-order valence-corrected chi connectivity index (χ4v) is 1.42. The third kappa shape index (κ3) is 2.05. The van der Waals surface area contributed by atoms with Gasteiger partial charge < -0.3 is 11.5 Å². The highest BCUT2D eigenvalue weighted by molar-refractivity contribution is 5.31. The molecule has 0 bridgehead atoms. The Labute approximate surface area is 77.7 Å². The molecule has 4 N–H and O–H groups in total. The molecule has 0 heterocycles. The second kappa shape index (κ2) is 4.35. The van der Waals surface area contributed by atoms with Gasteiger partial charge in [-0.1, -0.05) is 19.1 Å². The topological polar surface area (TPSA) is 52.0 Å². The van der Waals surface area contributed by atoms with Crippen LogP contribution in [0.1, 0.15) is 24.1 Å². The van der Waals surface area contributed by atoms with Crippen molar-refractivity contribution in [2.75, 3.05) is 6.54 Å². The van der Waals surface area contributed by atoms with Gasteiger partial charge in [0.25, 0.3) is 0 Å². The molecular weight excluding hydrogens is 167 g/mol. The van der Waals surface area contributed by atoms with Crippen molar-refractivity contribution in [3.8, 4) is 0 Å². The first-order chi connectivity index (χ1) is 6.20. The molecule has 3 heteroatoms. The van der Waals surface area contributed by atoms with Crippen LogP contribution in [-0.2, 0) is 6.42 Å². The number of benzene rings is 1. The van der Waals surface area contributed by atoms with Crippen LogP contribution in [0.25, 0.3) is 0 Å². The van der Waals surface area contributed by atoms with Crippen LogP contribution in [0.3, 0.4) is 0 Å². The molecule has 0 saturated carbocycles. The Balaban J connectivity index is 3.14. The standard InChI is InChI=1S/C10H15FN2/c1-2-7-4-3-5-8(11)10(7)9(13)6-12/h3-5,9H,2,6,12-13H2,1H3/t9-/m1/s1. The molecule has 2 nitrogen and oxygen atoms in total. The van der Waals surface area contributed by atoms with E-state index in [1.54, 1.807) is 6.07 Å². The van der Waals surface area contributed by atoms with Crippen molar-refractivity contribution in [2.24, 2.45) is 11.5 Å². The molecule has 0 spiro atoms. The zero-order valence-corrected chi connectivity index (χ0v) is 7.76. The second-order valence-corrected chi connectivity index (χ2v) is 3.01. The van der Waals surface area contributed by atoms with Gasteiger partial charge in [0.05, 0.1) is 0 Å². The number of rotatable bonds is 3. The fraction of sp³-hybridized carbons (Fsp3) is 0.400. The van der Waals surface area contributed by atoms with Crippen LogP contribution >= 0.6 is 0 Å². The summed E-state index contributed by atoms with van der Waals surface area (Å²) in [6, 6.07) is 4.61. The summed E-state index contributed by atoms with van der Waals surface area (Å²) in [7, 11) is 0. The van der Waals surface area contributed by atoms with E-state index >= 15 is 0 Å². The van der Waals surface area contributed by atoms with Gasteiger partial charge in [0, 0.05) is 18.2 Å². The van der Waals surface area contributed by atoms with Crippen molar-refractivity contribution in [3.05, 3.63) is 35.1 Å². The molecular formula is C10H15FN2. The van der Waals surface area contributed by atoms with Crippen LogP contribution in [0.4, 0.5) is 4.39 Å². The lowest BCUT2D eigenvalue weighted by atomic mass is 9.98. The zero-order chi connectivity index (χ0) is 9.84. The van der Waals surface area contributed by atoms with Gasteiger partial charge in [0.1, 0.15) is 5.82 Å². The minimum absolute atomic E-state index is 0.252. The summed E-state index contributed by atoms with van der Waals surface area (Å²) >= 11 is 0. The third-order valence-electron chi connectivity index (χ3n) is 2.15. The Morgan fingerprint density at radius 3 is 2.69 bits per heavy atom. The average molecular weight is 182 g/mol. The van der Waals surface area contributed by atoms with Crippen LogP contribution in [0, 0.1) is 5.82 Å². The molecule has 0 aromatic heterocycles. The highest BCUT2D eigenvalue weighted by Gasteiger charge is 2.12. The average Bonchev–Trinajstić information content (AvgIpc) is 2.16. The van der Waals surface area contributed by atoms with E-state index in [4.69, 9.17) is 11.5 Å². The van der Waals surface area contributed by atoms with Gasteiger partial charge in [-0.2, -0.15) is 0 Å². The van der Waals surface area contributed by atoms with E-state index in [9.17, 15) is 4.39 Å². The number of halogens is 1. The first-order valence-electron chi connectivity index (χ1n) is 4.43. The van der Waals surface area contributed by atoms with Gasteiger partial charge in [0.2, 0.25) is 0 Å². The SMILES string of the molecule is CCc1cccc(F)c1[C@H](N)CN. The molecule has 0 radical (unpaired) electrons. The molecule has 13 heavy (non-hydrogen) atoms. The molecule has 0 aliphatic rings. The lowest BCUT2D eigenvalue weighted by Crippen LogP contribution is -2.23. The predicted octanol–water partition coefficient (Wildman–Crippen LogP) is 1.35. The van der Waals surface area contributed by atoms with Crippen LogP contribution in [0.5, 0.6) is 0 Å². The first-order valence-corrected chi connectivity index (χ1v) is 4.43. The molecule has 1 aromatic carbocycles. The van der Waals surface area contributed by atoms with Crippen molar-refractivity contribution >= 4 is 0 Å². The Hall–Kier alpha value is -0.930. The summed E-state index contributed by atoms with van der Waals surface area (Å²) in [5.41, 5.74) is 12.6. The van der Waals surface area contributed by atoms with Gasteiger partial charge in [-0.25, -0.2) is 4.39 Å². The van der Waals surface area contributed by atoms with Crippen LogP contribution in [-0.4, -0.2) is 6.54 Å². The van der Waals surface area contributed by atoms with E-state index in [0.717, 1.165) is 12.0 Å². The molecule has 1 rings (SSSR count). The molecule has 0 aliphatic carbocycles. The van der Waals surface area contributed by atoms with Gasteiger partial charge in [-0.05, 0) is 18.1 Å². The highest BCUT2D eigenvalue weighted by atomic mass is 19.1. The molecule has 1 aromatic rings. The normalized spacial score (nSPS) is 12.9. The van der Waals surface area contributed by atoms with E-state index in [2.05, 4.69) is 0 Å². The predicted molar refractivity (Wildman–Crippen MR) is 51.8 cm³/mol. The lowest BCUT2D eigenvalue weighted by molar-refractivity contribution is 0.579. The second-order valence-electron chi connectivity index (χ2n) is 3.01. The summed E-state index contributed by atoms with van der Waals surface area (Å²) in [5.74, 6) is -0.252. The Morgan fingerprint density at radius 1 is 1.46 bits per heavy atom. The van der Waals surface area contributed by atoms with Gasteiger partial charge >= 0.3 is 0 Å². The minimum atomic E-state index is -0.392. The monoisotopic (exact) mass is 182 g/mol. The van der Waals surface area contributed by atoms with Crippen molar-refractivity contribution in [1.82, 2.24) is 0 Å². The minimum Gasteiger partial charge on any atom is -0.329 e. The summed E-state index contributed by atoms with van der Waals surface area (Å²) in [6.45, 7) is 2.25. The fourth-order valence-electron chi connectivity index (χ4n) is 1.42. The van der Waals surface area contributed by atoms with Gasteiger partial charge in [-0.3, -0.25) is 0 Å². The number of hydrogen-bond acceptors (Lipinski definition) is 2. The van der Waals surface area contributed by atoms with Gasteiger partial charge in [-0.15, -0.1) is 0 Å². The quantitative estimate of drug-likeness (QED) is 0.741. The maximum Gasteiger partial charge on any atom is 0.128 e. The van der Waals surface area contributed by atoms with E-state index in [1.807, 2.05) is 13.0 Å². The highest BCUT2D eigenvalue weighted by Crippen LogP contribution is 2.19. The number of hydrogen-bond donors (Lipinski definition) is 2. The van der Waals surface area contributed by atoms with Gasteiger partial charge in [0.15, 0.2) is 0 Å². The summed E-state index contributed by atoms with van der Waals surface area (Å²) in [6.07, 6.45) is 0.779. The largest absolute Gasteiger partial charge is 0.329 e. The summed E-state index contributed by atoms with van der Waals surface area (Å²) < 4.78 is 13.3. The zero-order valence-electron chi connectivity index (χ0n) is 7.76. The van der Waals surface area contributed by atoms with E-state index in [-0.39, 0.29) is 12.4 Å². The van der Waals surface area contributed by atoms with Crippen LogP contribution in [0.2, 0.25) is 0 Å². The van der Waals surface area contributed by atoms with E-state index in [0.29, 0.717) is 5.56 Å². The Bertz CT molecular complexity index is 286. The third-order valence-corrected chi connectivity index (χ3v) is 2.15. The molecule has 0 unspecified atom stereocenters. The lowest BCUT2D eigenvalue weighted by Gasteiger charge is -2.14. The Morgan fingerprint density at radius 2 is 2.15 bits per heavy atom. The first kappa shape index (κ1) is 10.2. The number of nitrogens with two attached hydrogens (primary N) is 2. The molecule has 1 atom stereocenters. The molecule has 0 fully saturated rings. The van der Waals surface area contributed by atoms with Crippen LogP contribution in [0.15, 0.2) is 18.2 Å². The molecule has 72 valence electrons. The van der Waals surface area contributed by atoms with Crippen LogP contribution < -0.4 is 11.5 Å². The maximum absolute atomic E-state index is 13.3. The Kier molecular flexibility index (Phi) is 3.39. The molecule has 0 aliphatic heterocycles. The molecule has 0 saturated heterocycles.